The highest BCUT2D eigenvalue weighted by atomic mass is 32.1. The van der Waals surface area contributed by atoms with Gasteiger partial charge in [0.15, 0.2) is 0 Å². The third-order valence-corrected chi connectivity index (χ3v) is 4.94. The summed E-state index contributed by atoms with van der Waals surface area (Å²) in [6.07, 6.45) is 7.74. The van der Waals surface area contributed by atoms with E-state index in [4.69, 9.17) is 18.0 Å². The van der Waals surface area contributed by atoms with Crippen molar-refractivity contribution in [3.8, 4) is 0 Å². The number of thiocarbonyl (C=S) groups is 1. The molecule has 2 N–H and O–H groups in total. The van der Waals surface area contributed by atoms with Gasteiger partial charge in [0.2, 0.25) is 11.8 Å². The highest BCUT2D eigenvalue weighted by Crippen LogP contribution is 2.45. The van der Waals surface area contributed by atoms with E-state index in [1.54, 1.807) is 0 Å². The molecule has 1 saturated carbocycles. The summed E-state index contributed by atoms with van der Waals surface area (Å²) in [5, 5.41) is 0. The minimum absolute atomic E-state index is 0.0220. The molecule has 2 rings (SSSR count). The molecule has 2 aliphatic rings. The van der Waals surface area contributed by atoms with Crippen molar-refractivity contribution in [2.75, 3.05) is 0 Å². The highest BCUT2D eigenvalue weighted by Gasteiger charge is 2.45. The van der Waals surface area contributed by atoms with Gasteiger partial charge in [-0.1, -0.05) is 38.4 Å². The number of imide groups is 1. The maximum absolute atomic E-state index is 12.5. The number of nitrogens with zero attached hydrogens (tertiary/aromatic N) is 1. The van der Waals surface area contributed by atoms with Crippen LogP contribution in [0.3, 0.4) is 0 Å². The molecule has 1 spiro atoms. The van der Waals surface area contributed by atoms with Crippen molar-refractivity contribution in [3.05, 3.63) is 0 Å². The van der Waals surface area contributed by atoms with Gasteiger partial charge in [0, 0.05) is 25.3 Å². The second-order valence-corrected chi connectivity index (χ2v) is 6.83. The predicted molar refractivity (Wildman–Crippen MR) is 82.1 cm³/mol. The lowest BCUT2D eigenvalue weighted by Gasteiger charge is -2.44. The van der Waals surface area contributed by atoms with Gasteiger partial charge >= 0.3 is 0 Å². The molecule has 0 aromatic heterocycles. The molecule has 1 saturated heterocycles. The molecule has 1 aliphatic heterocycles. The Morgan fingerprint density at radius 2 is 1.80 bits per heavy atom. The van der Waals surface area contributed by atoms with E-state index in [0.29, 0.717) is 30.7 Å². The number of hydrogen-bond donors (Lipinski definition) is 1. The van der Waals surface area contributed by atoms with Gasteiger partial charge in [0.25, 0.3) is 0 Å². The average molecular weight is 296 g/mol. The van der Waals surface area contributed by atoms with E-state index in [-0.39, 0.29) is 23.3 Å². The van der Waals surface area contributed by atoms with Crippen LogP contribution in [0.15, 0.2) is 0 Å². The molecular formula is C15H24N2O2S. The summed E-state index contributed by atoms with van der Waals surface area (Å²) in [6.45, 7) is 1.97. The molecule has 20 heavy (non-hydrogen) atoms. The van der Waals surface area contributed by atoms with Gasteiger partial charge in [-0.15, -0.1) is 0 Å². The summed E-state index contributed by atoms with van der Waals surface area (Å²) in [7, 11) is 0. The van der Waals surface area contributed by atoms with Gasteiger partial charge in [0.1, 0.15) is 0 Å². The molecule has 2 fully saturated rings. The lowest BCUT2D eigenvalue weighted by molar-refractivity contribution is -0.157. The summed E-state index contributed by atoms with van der Waals surface area (Å²) < 4.78 is 0. The van der Waals surface area contributed by atoms with Crippen LogP contribution in [0.25, 0.3) is 0 Å². The Labute approximate surface area is 126 Å². The van der Waals surface area contributed by atoms with Crippen LogP contribution in [0.5, 0.6) is 0 Å². The molecule has 0 radical (unpaired) electrons. The van der Waals surface area contributed by atoms with Gasteiger partial charge < -0.3 is 5.73 Å². The topological polar surface area (TPSA) is 63.4 Å². The second kappa shape index (κ2) is 6.20. The van der Waals surface area contributed by atoms with E-state index in [1.807, 2.05) is 6.92 Å². The molecule has 2 amide bonds. The Bertz CT molecular complexity index is 396. The van der Waals surface area contributed by atoms with Crippen LogP contribution in [0.1, 0.15) is 64.7 Å². The minimum atomic E-state index is -0.159. The molecule has 0 aromatic rings. The highest BCUT2D eigenvalue weighted by molar-refractivity contribution is 7.80. The van der Waals surface area contributed by atoms with Crippen molar-refractivity contribution in [1.29, 1.82) is 0 Å². The largest absolute Gasteiger partial charge is 0.393 e. The Morgan fingerprint density at radius 1 is 1.25 bits per heavy atom. The quantitative estimate of drug-likeness (QED) is 0.639. The van der Waals surface area contributed by atoms with E-state index >= 15 is 0 Å². The SMILES string of the molecule is CCC(CC(N)=S)N1C(=O)CC2(CCCCC2)CC1=O. The van der Waals surface area contributed by atoms with E-state index < -0.39 is 0 Å². The third-order valence-electron chi connectivity index (χ3n) is 4.78. The number of nitrogens with two attached hydrogens (primary N) is 1. The number of carbonyl (C=O) groups excluding carboxylic acids is 2. The molecule has 0 bridgehead atoms. The monoisotopic (exact) mass is 296 g/mol. The van der Waals surface area contributed by atoms with Crippen molar-refractivity contribution in [2.24, 2.45) is 11.1 Å². The molecule has 4 nitrogen and oxygen atoms in total. The van der Waals surface area contributed by atoms with Crippen LogP contribution in [0.4, 0.5) is 0 Å². The van der Waals surface area contributed by atoms with Crippen molar-refractivity contribution < 1.29 is 9.59 Å². The zero-order valence-electron chi connectivity index (χ0n) is 12.2. The Hall–Kier alpha value is -0.970. The number of likely N-dealkylation sites (tertiary alicyclic amines) is 1. The Kier molecular flexibility index (Phi) is 4.78. The summed E-state index contributed by atoms with van der Waals surface area (Å²) in [6, 6.07) is -0.159. The average Bonchev–Trinajstić information content (AvgIpc) is 2.36. The van der Waals surface area contributed by atoms with Crippen LogP contribution < -0.4 is 5.73 Å². The summed E-state index contributed by atoms with van der Waals surface area (Å²) in [4.78, 5) is 26.8. The van der Waals surface area contributed by atoms with Crippen molar-refractivity contribution in [2.45, 2.75) is 70.8 Å². The fraction of sp³-hybridized carbons (Fsp3) is 0.800. The lowest BCUT2D eigenvalue weighted by Crippen LogP contribution is -2.53. The number of carbonyl (C=O) groups is 2. The first-order valence-corrected chi connectivity index (χ1v) is 8.01. The summed E-state index contributed by atoms with van der Waals surface area (Å²) in [5.41, 5.74) is 5.53. The maximum Gasteiger partial charge on any atom is 0.230 e. The van der Waals surface area contributed by atoms with Crippen LogP contribution in [-0.2, 0) is 9.59 Å². The number of piperidine rings is 1. The molecule has 1 atom stereocenters. The van der Waals surface area contributed by atoms with Crippen LogP contribution in [-0.4, -0.2) is 27.7 Å². The van der Waals surface area contributed by atoms with Gasteiger partial charge in [-0.2, -0.15) is 0 Å². The van der Waals surface area contributed by atoms with Crippen LogP contribution in [0, 0.1) is 5.41 Å². The zero-order valence-corrected chi connectivity index (χ0v) is 13.0. The molecular weight excluding hydrogens is 272 g/mol. The Morgan fingerprint density at radius 3 is 2.25 bits per heavy atom. The number of amides is 2. The molecule has 5 heteroatoms. The first-order chi connectivity index (χ1) is 9.47. The normalized spacial score (nSPS) is 23.9. The molecule has 1 heterocycles. The van der Waals surface area contributed by atoms with Crippen LogP contribution >= 0.6 is 12.2 Å². The number of hydrogen-bond acceptors (Lipinski definition) is 3. The molecule has 0 aromatic carbocycles. The zero-order chi connectivity index (χ0) is 14.8. The standard InChI is InChI=1S/C15H24N2O2S/c1-2-11(8-12(16)20)17-13(18)9-15(10-14(17)19)6-4-3-5-7-15/h11H,2-10H2,1H3,(H2,16,20). The molecule has 1 unspecified atom stereocenters. The lowest BCUT2D eigenvalue weighted by atomic mass is 9.67. The van der Waals surface area contributed by atoms with Gasteiger partial charge in [-0.05, 0) is 24.7 Å². The first kappa shape index (κ1) is 15.4. The smallest absolute Gasteiger partial charge is 0.230 e. The Balaban J connectivity index is 2.12. The minimum Gasteiger partial charge on any atom is -0.393 e. The predicted octanol–water partition coefficient (Wildman–Crippen LogP) is 2.54. The molecule has 112 valence electrons. The van der Waals surface area contributed by atoms with Crippen molar-refractivity contribution >= 4 is 29.0 Å². The van der Waals surface area contributed by atoms with Crippen LogP contribution in [0.2, 0.25) is 0 Å². The fourth-order valence-electron chi connectivity index (χ4n) is 3.73. The number of rotatable bonds is 4. The third kappa shape index (κ3) is 3.19. The van der Waals surface area contributed by atoms with E-state index in [1.165, 1.54) is 11.3 Å². The van der Waals surface area contributed by atoms with Gasteiger partial charge in [-0.25, -0.2) is 0 Å². The molecule has 1 aliphatic carbocycles. The van der Waals surface area contributed by atoms with E-state index in [0.717, 1.165) is 25.7 Å². The summed E-state index contributed by atoms with van der Waals surface area (Å²) >= 11 is 4.93. The second-order valence-electron chi connectivity index (χ2n) is 6.30. The summed E-state index contributed by atoms with van der Waals surface area (Å²) in [5.74, 6) is -0.0440. The van der Waals surface area contributed by atoms with Gasteiger partial charge in [-0.3, -0.25) is 14.5 Å². The van der Waals surface area contributed by atoms with Crippen molar-refractivity contribution in [1.82, 2.24) is 4.90 Å². The van der Waals surface area contributed by atoms with E-state index in [2.05, 4.69) is 0 Å². The van der Waals surface area contributed by atoms with Gasteiger partial charge in [0.05, 0.1) is 4.99 Å². The fourth-order valence-corrected chi connectivity index (χ4v) is 3.92. The van der Waals surface area contributed by atoms with Crippen molar-refractivity contribution in [3.63, 3.8) is 0 Å². The maximum atomic E-state index is 12.5. The first-order valence-electron chi connectivity index (χ1n) is 7.60. The van der Waals surface area contributed by atoms with E-state index in [9.17, 15) is 9.59 Å².